The van der Waals surface area contributed by atoms with E-state index >= 15 is 0 Å². The molecule has 1 N–H and O–H groups in total. The number of hydrogen-bond donors (Lipinski definition) is 1. The lowest BCUT2D eigenvalue weighted by molar-refractivity contribution is 0.275. The zero-order chi connectivity index (χ0) is 13.3. The second-order valence-corrected chi connectivity index (χ2v) is 4.73. The summed E-state index contributed by atoms with van der Waals surface area (Å²) in [7, 11) is 1.55. The van der Waals surface area contributed by atoms with Crippen LogP contribution >= 0.6 is 0 Å². The normalized spacial score (nSPS) is 22.6. The summed E-state index contributed by atoms with van der Waals surface area (Å²) in [4.78, 5) is 12.5. The second-order valence-electron chi connectivity index (χ2n) is 4.73. The van der Waals surface area contributed by atoms with Gasteiger partial charge < -0.3 is 14.6 Å². The first kappa shape index (κ1) is 12.0. The van der Waals surface area contributed by atoms with E-state index in [2.05, 4.69) is 32.3 Å². The van der Waals surface area contributed by atoms with Crippen LogP contribution in [-0.4, -0.2) is 33.8 Å². The van der Waals surface area contributed by atoms with Crippen LogP contribution in [0.5, 0.6) is 5.88 Å². The zero-order valence-electron chi connectivity index (χ0n) is 10.9. The minimum Gasteiger partial charge on any atom is -0.481 e. The maximum atomic E-state index is 5.35. The van der Waals surface area contributed by atoms with Gasteiger partial charge in [-0.3, -0.25) is 0 Å². The van der Waals surface area contributed by atoms with Crippen LogP contribution in [0.15, 0.2) is 16.9 Å². The van der Waals surface area contributed by atoms with E-state index in [4.69, 9.17) is 9.26 Å². The van der Waals surface area contributed by atoms with Crippen LogP contribution in [0.25, 0.3) is 11.5 Å². The van der Waals surface area contributed by atoms with Gasteiger partial charge in [-0.2, -0.15) is 4.98 Å². The Hall–Kier alpha value is -2.02. The minimum atomic E-state index is -0.234. The smallest absolute Gasteiger partial charge is 0.247 e. The van der Waals surface area contributed by atoms with E-state index in [1.54, 1.807) is 13.2 Å². The SMILES string of the molecule is COc1cc(-c2noc(C3(C)CCCN3)n2)ncn1. The van der Waals surface area contributed by atoms with Crippen molar-refractivity contribution in [2.45, 2.75) is 25.3 Å². The Morgan fingerprint density at radius 2 is 2.32 bits per heavy atom. The summed E-state index contributed by atoms with van der Waals surface area (Å²) in [5.41, 5.74) is 0.353. The maximum Gasteiger partial charge on any atom is 0.247 e. The van der Waals surface area contributed by atoms with E-state index in [-0.39, 0.29) is 5.54 Å². The third-order valence-corrected chi connectivity index (χ3v) is 3.35. The van der Waals surface area contributed by atoms with E-state index in [0.717, 1.165) is 19.4 Å². The summed E-state index contributed by atoms with van der Waals surface area (Å²) in [5, 5.41) is 7.36. The van der Waals surface area contributed by atoms with Gasteiger partial charge in [0.05, 0.1) is 12.6 Å². The highest BCUT2D eigenvalue weighted by Crippen LogP contribution is 2.30. The molecule has 0 aliphatic carbocycles. The molecule has 1 aliphatic heterocycles. The Kier molecular flexibility index (Phi) is 2.90. The van der Waals surface area contributed by atoms with Gasteiger partial charge in [-0.05, 0) is 26.3 Å². The summed E-state index contributed by atoms with van der Waals surface area (Å²) in [6, 6.07) is 1.68. The third kappa shape index (κ3) is 2.17. The molecule has 3 heterocycles. The van der Waals surface area contributed by atoms with Crippen molar-refractivity contribution in [3.63, 3.8) is 0 Å². The molecule has 7 nitrogen and oxygen atoms in total. The number of hydrogen-bond acceptors (Lipinski definition) is 7. The van der Waals surface area contributed by atoms with E-state index < -0.39 is 0 Å². The molecule has 1 saturated heterocycles. The van der Waals surface area contributed by atoms with Gasteiger partial charge in [-0.1, -0.05) is 5.16 Å². The van der Waals surface area contributed by atoms with E-state index in [9.17, 15) is 0 Å². The molecular weight excluding hydrogens is 246 g/mol. The monoisotopic (exact) mass is 261 g/mol. The number of methoxy groups -OCH3 is 1. The van der Waals surface area contributed by atoms with Gasteiger partial charge in [0.2, 0.25) is 17.6 Å². The molecule has 0 amide bonds. The Morgan fingerprint density at radius 3 is 3.05 bits per heavy atom. The fraction of sp³-hybridized carbons (Fsp3) is 0.500. The van der Waals surface area contributed by atoms with Crippen molar-refractivity contribution in [2.75, 3.05) is 13.7 Å². The van der Waals surface area contributed by atoms with Crippen LogP contribution in [0, 0.1) is 0 Å². The molecule has 0 radical (unpaired) electrons. The summed E-state index contributed by atoms with van der Waals surface area (Å²) < 4.78 is 10.4. The van der Waals surface area contributed by atoms with Crippen molar-refractivity contribution >= 4 is 0 Å². The standard InChI is InChI=1S/C12H15N5O2/c1-12(4-3-5-15-12)11-16-10(17-19-11)8-6-9(18-2)14-7-13-8/h6-7,15H,3-5H2,1-2H3. The molecule has 2 aromatic heterocycles. The number of rotatable bonds is 3. The first-order valence-electron chi connectivity index (χ1n) is 6.17. The second kappa shape index (κ2) is 4.58. The lowest BCUT2D eigenvalue weighted by Crippen LogP contribution is -2.33. The lowest BCUT2D eigenvalue weighted by atomic mass is 10.0. The van der Waals surface area contributed by atoms with Gasteiger partial charge in [-0.25, -0.2) is 9.97 Å². The highest BCUT2D eigenvalue weighted by Gasteiger charge is 2.35. The topological polar surface area (TPSA) is 86.0 Å². The molecule has 2 aromatic rings. The van der Waals surface area contributed by atoms with Gasteiger partial charge in [0.1, 0.15) is 12.0 Å². The Labute approximate surface area is 110 Å². The highest BCUT2D eigenvalue weighted by atomic mass is 16.5. The third-order valence-electron chi connectivity index (χ3n) is 3.35. The number of aromatic nitrogens is 4. The Morgan fingerprint density at radius 1 is 1.42 bits per heavy atom. The fourth-order valence-corrected chi connectivity index (χ4v) is 2.20. The lowest BCUT2D eigenvalue weighted by Gasteiger charge is -2.18. The Balaban J connectivity index is 1.92. The summed E-state index contributed by atoms with van der Waals surface area (Å²) >= 11 is 0. The number of nitrogens with zero attached hydrogens (tertiary/aromatic N) is 4. The van der Waals surface area contributed by atoms with Crippen LogP contribution in [0.3, 0.4) is 0 Å². The molecule has 1 unspecified atom stereocenters. The van der Waals surface area contributed by atoms with Crippen LogP contribution in [-0.2, 0) is 5.54 Å². The van der Waals surface area contributed by atoms with Crippen LogP contribution in [0.1, 0.15) is 25.7 Å². The molecule has 7 heteroatoms. The summed E-state index contributed by atoms with van der Waals surface area (Å²) in [6.45, 7) is 3.04. The molecule has 100 valence electrons. The van der Waals surface area contributed by atoms with Crippen LogP contribution in [0.2, 0.25) is 0 Å². The van der Waals surface area contributed by atoms with Gasteiger partial charge in [0.25, 0.3) is 0 Å². The quantitative estimate of drug-likeness (QED) is 0.886. The molecule has 19 heavy (non-hydrogen) atoms. The van der Waals surface area contributed by atoms with Crippen molar-refractivity contribution in [1.29, 1.82) is 0 Å². The van der Waals surface area contributed by atoms with Crippen molar-refractivity contribution < 1.29 is 9.26 Å². The molecule has 1 fully saturated rings. The Bertz CT molecular complexity index is 577. The first-order chi connectivity index (χ1) is 9.21. The summed E-state index contributed by atoms with van der Waals surface area (Å²) in [6.07, 6.45) is 3.51. The molecule has 0 bridgehead atoms. The zero-order valence-corrected chi connectivity index (χ0v) is 10.9. The van der Waals surface area contributed by atoms with Gasteiger partial charge in [-0.15, -0.1) is 0 Å². The van der Waals surface area contributed by atoms with Crippen LogP contribution < -0.4 is 10.1 Å². The van der Waals surface area contributed by atoms with E-state index in [1.807, 2.05) is 0 Å². The van der Waals surface area contributed by atoms with Gasteiger partial charge >= 0.3 is 0 Å². The molecule has 0 aromatic carbocycles. The molecule has 0 saturated carbocycles. The van der Waals surface area contributed by atoms with E-state index in [1.165, 1.54) is 6.33 Å². The molecular formula is C12H15N5O2. The molecule has 3 rings (SSSR count). The fourth-order valence-electron chi connectivity index (χ4n) is 2.20. The largest absolute Gasteiger partial charge is 0.481 e. The van der Waals surface area contributed by atoms with Crippen molar-refractivity contribution in [3.8, 4) is 17.4 Å². The molecule has 1 aliphatic rings. The van der Waals surface area contributed by atoms with Crippen molar-refractivity contribution in [2.24, 2.45) is 0 Å². The van der Waals surface area contributed by atoms with E-state index in [0.29, 0.717) is 23.3 Å². The summed E-state index contributed by atoms with van der Waals surface area (Å²) in [5.74, 6) is 1.52. The first-order valence-corrected chi connectivity index (χ1v) is 6.17. The predicted molar refractivity (Wildman–Crippen MR) is 66.5 cm³/mol. The predicted octanol–water partition coefficient (Wildman–Crippen LogP) is 1.13. The van der Waals surface area contributed by atoms with Crippen LogP contribution in [0.4, 0.5) is 0 Å². The van der Waals surface area contributed by atoms with Crippen molar-refractivity contribution in [3.05, 3.63) is 18.3 Å². The minimum absolute atomic E-state index is 0.234. The maximum absolute atomic E-state index is 5.35. The average molecular weight is 261 g/mol. The molecule has 1 atom stereocenters. The highest BCUT2D eigenvalue weighted by molar-refractivity contribution is 5.49. The molecule has 0 spiro atoms. The van der Waals surface area contributed by atoms with Gasteiger partial charge in [0.15, 0.2) is 0 Å². The number of ether oxygens (including phenoxy) is 1. The average Bonchev–Trinajstić information content (AvgIpc) is 3.08. The van der Waals surface area contributed by atoms with Crippen molar-refractivity contribution in [1.82, 2.24) is 25.4 Å². The van der Waals surface area contributed by atoms with Gasteiger partial charge in [0, 0.05) is 6.07 Å². The number of nitrogens with one attached hydrogen (secondary N) is 1.